The number of aromatic nitrogens is 1. The number of amides is 1. The van der Waals surface area contributed by atoms with Crippen molar-refractivity contribution in [3.63, 3.8) is 0 Å². The Labute approximate surface area is 174 Å². The van der Waals surface area contributed by atoms with Crippen molar-refractivity contribution in [2.75, 3.05) is 7.05 Å². The van der Waals surface area contributed by atoms with Crippen molar-refractivity contribution in [1.29, 1.82) is 0 Å². The van der Waals surface area contributed by atoms with Crippen LogP contribution in [0.1, 0.15) is 25.7 Å². The molecule has 2 aromatic rings. The predicted molar refractivity (Wildman–Crippen MR) is 105 cm³/mol. The molecule has 2 saturated heterocycles. The highest BCUT2D eigenvalue weighted by Gasteiger charge is 2.55. The molecule has 0 spiro atoms. The Bertz CT molecular complexity index is 1000. The van der Waals surface area contributed by atoms with Crippen LogP contribution in [0.2, 0.25) is 0 Å². The number of carbonyl (C=O) groups is 1. The fraction of sp³-hybridized carbons (Fsp3) is 0.400. The number of sulfonamides is 1. The number of pyridine rings is 1. The highest BCUT2D eigenvalue weighted by Crippen LogP contribution is 2.43. The summed E-state index contributed by atoms with van der Waals surface area (Å²) in [5.41, 5.74) is 0.247. The normalized spacial score (nSPS) is 25.8. The topological polar surface area (TPSA) is 118 Å². The summed E-state index contributed by atoms with van der Waals surface area (Å²) in [6.45, 7) is 0. The standard InChI is InChI=1S/C20H23N3O6S/c1-23(20(19(24)22-25)12-16-2-3-17(13-20)29-16)30(26,27)18-6-4-14(5-7-18)28-15-8-10-21-11-9-15/h4-11,16-17,25H,2-3,12-13H2,1H3,(H,22,24). The van der Waals surface area contributed by atoms with Crippen molar-refractivity contribution in [3.8, 4) is 11.5 Å². The molecule has 2 aliphatic rings. The molecule has 9 nitrogen and oxygen atoms in total. The van der Waals surface area contributed by atoms with E-state index in [0.29, 0.717) is 11.5 Å². The SMILES string of the molecule is CN(C1(C(=O)NO)CC2CCC(C1)O2)S(=O)(=O)c1ccc(Oc2ccncc2)cc1. The van der Waals surface area contributed by atoms with Crippen molar-refractivity contribution in [1.82, 2.24) is 14.8 Å². The van der Waals surface area contributed by atoms with Crippen molar-refractivity contribution >= 4 is 15.9 Å². The average molecular weight is 433 g/mol. The van der Waals surface area contributed by atoms with Gasteiger partial charge in [0.15, 0.2) is 0 Å². The number of carbonyl (C=O) groups excluding carboxylic acids is 1. The number of hydroxylamine groups is 1. The molecule has 10 heteroatoms. The van der Waals surface area contributed by atoms with Gasteiger partial charge in [0.25, 0.3) is 5.91 Å². The summed E-state index contributed by atoms with van der Waals surface area (Å²) >= 11 is 0. The van der Waals surface area contributed by atoms with Crippen LogP contribution in [0, 0.1) is 0 Å². The highest BCUT2D eigenvalue weighted by atomic mass is 32.2. The van der Waals surface area contributed by atoms with Gasteiger partial charge in [-0.25, -0.2) is 13.9 Å². The second-order valence-corrected chi connectivity index (χ2v) is 9.54. The highest BCUT2D eigenvalue weighted by molar-refractivity contribution is 7.89. The van der Waals surface area contributed by atoms with E-state index in [1.54, 1.807) is 42.1 Å². The maximum atomic E-state index is 13.3. The second-order valence-electron chi connectivity index (χ2n) is 7.57. The van der Waals surface area contributed by atoms with E-state index in [1.165, 1.54) is 19.2 Å². The van der Waals surface area contributed by atoms with Crippen molar-refractivity contribution in [2.45, 2.75) is 48.3 Å². The first kappa shape index (κ1) is 20.7. The zero-order chi connectivity index (χ0) is 21.4. The molecule has 2 N–H and O–H groups in total. The quantitative estimate of drug-likeness (QED) is 0.529. The van der Waals surface area contributed by atoms with Gasteiger partial charge in [-0.2, -0.15) is 4.31 Å². The lowest BCUT2D eigenvalue weighted by molar-refractivity contribution is -0.149. The van der Waals surface area contributed by atoms with Gasteiger partial charge in [-0.05, 0) is 49.2 Å². The Hall–Kier alpha value is -2.53. The number of hydrogen-bond acceptors (Lipinski definition) is 7. The van der Waals surface area contributed by atoms with Crippen LogP contribution in [0.5, 0.6) is 11.5 Å². The fourth-order valence-corrected chi connectivity index (χ4v) is 5.71. The molecular formula is C20H23N3O6S. The molecule has 2 bridgehead atoms. The molecule has 0 saturated carbocycles. The van der Waals surface area contributed by atoms with E-state index in [9.17, 15) is 18.4 Å². The zero-order valence-electron chi connectivity index (χ0n) is 16.4. The number of rotatable bonds is 6. The molecule has 0 radical (unpaired) electrons. The summed E-state index contributed by atoms with van der Waals surface area (Å²) < 4.78 is 39.2. The Kier molecular flexibility index (Phi) is 5.49. The minimum Gasteiger partial charge on any atom is -0.457 e. The van der Waals surface area contributed by atoms with Crippen molar-refractivity contribution in [2.24, 2.45) is 0 Å². The van der Waals surface area contributed by atoms with Gasteiger partial charge >= 0.3 is 0 Å². The monoisotopic (exact) mass is 433 g/mol. The molecule has 2 fully saturated rings. The van der Waals surface area contributed by atoms with Crippen LogP contribution in [0.25, 0.3) is 0 Å². The first-order valence-corrected chi connectivity index (χ1v) is 11.1. The van der Waals surface area contributed by atoms with Crippen molar-refractivity contribution < 1.29 is 27.9 Å². The molecule has 2 atom stereocenters. The van der Waals surface area contributed by atoms with Gasteiger partial charge in [-0.3, -0.25) is 15.0 Å². The van der Waals surface area contributed by atoms with Crippen molar-refractivity contribution in [3.05, 3.63) is 48.8 Å². The number of likely N-dealkylation sites (N-methyl/N-ethyl adjacent to an activating group) is 1. The molecule has 30 heavy (non-hydrogen) atoms. The molecule has 1 amide bonds. The number of nitrogens with one attached hydrogen (secondary N) is 1. The van der Waals surface area contributed by atoms with E-state index in [-0.39, 0.29) is 29.9 Å². The van der Waals surface area contributed by atoms with Crippen LogP contribution >= 0.6 is 0 Å². The molecule has 1 aromatic heterocycles. The number of hydrogen-bond donors (Lipinski definition) is 2. The third kappa shape index (κ3) is 3.67. The number of benzene rings is 1. The van der Waals surface area contributed by atoms with Crippen LogP contribution in [0.4, 0.5) is 0 Å². The smallest absolute Gasteiger partial charge is 0.265 e. The third-order valence-corrected chi connectivity index (χ3v) is 7.76. The largest absolute Gasteiger partial charge is 0.457 e. The molecule has 2 unspecified atom stereocenters. The molecule has 1 aromatic carbocycles. The summed E-state index contributed by atoms with van der Waals surface area (Å²) in [4.78, 5) is 16.6. The zero-order valence-corrected chi connectivity index (χ0v) is 17.2. The predicted octanol–water partition coefficient (Wildman–Crippen LogP) is 2.08. The van der Waals surface area contributed by atoms with Crippen LogP contribution in [-0.2, 0) is 19.6 Å². The van der Waals surface area contributed by atoms with Crippen LogP contribution in [-0.4, -0.2) is 53.6 Å². The van der Waals surface area contributed by atoms with Crippen LogP contribution in [0.15, 0.2) is 53.7 Å². The van der Waals surface area contributed by atoms with E-state index >= 15 is 0 Å². The molecule has 160 valence electrons. The molecule has 2 aliphatic heterocycles. The van der Waals surface area contributed by atoms with E-state index in [0.717, 1.165) is 17.1 Å². The summed E-state index contributed by atoms with van der Waals surface area (Å²) in [6.07, 6.45) is 4.67. The number of fused-ring (bicyclic) bond motifs is 2. The maximum absolute atomic E-state index is 13.3. The molecule has 3 heterocycles. The lowest BCUT2D eigenvalue weighted by Crippen LogP contribution is -2.62. The van der Waals surface area contributed by atoms with E-state index < -0.39 is 21.5 Å². The van der Waals surface area contributed by atoms with Gasteiger partial charge in [-0.1, -0.05) is 0 Å². The first-order chi connectivity index (χ1) is 14.3. The first-order valence-electron chi connectivity index (χ1n) is 9.62. The summed E-state index contributed by atoms with van der Waals surface area (Å²) in [5, 5.41) is 9.32. The average Bonchev–Trinajstić information content (AvgIpc) is 3.11. The summed E-state index contributed by atoms with van der Waals surface area (Å²) in [5.74, 6) is 0.301. The lowest BCUT2D eigenvalue weighted by Gasteiger charge is -2.43. The minimum absolute atomic E-state index is 0.0241. The molecule has 0 aliphatic carbocycles. The van der Waals surface area contributed by atoms with Gasteiger partial charge in [0.05, 0.1) is 17.1 Å². The number of nitrogens with zero attached hydrogens (tertiary/aromatic N) is 2. The van der Waals surface area contributed by atoms with Crippen LogP contribution in [0.3, 0.4) is 0 Å². The molecular weight excluding hydrogens is 410 g/mol. The fourth-order valence-electron chi connectivity index (χ4n) is 4.22. The molecule has 4 rings (SSSR count). The minimum atomic E-state index is -4.02. The van der Waals surface area contributed by atoms with E-state index in [1.807, 2.05) is 0 Å². The Morgan fingerprint density at radius 3 is 2.27 bits per heavy atom. The van der Waals surface area contributed by atoms with E-state index in [2.05, 4.69) is 4.98 Å². The van der Waals surface area contributed by atoms with Gasteiger partial charge in [0.1, 0.15) is 17.0 Å². The Morgan fingerprint density at radius 1 is 1.13 bits per heavy atom. The lowest BCUT2D eigenvalue weighted by atomic mass is 9.85. The second kappa shape index (κ2) is 7.95. The van der Waals surface area contributed by atoms with E-state index in [4.69, 9.17) is 9.47 Å². The van der Waals surface area contributed by atoms with Gasteiger partial charge in [0, 0.05) is 32.3 Å². The number of ether oxygens (including phenoxy) is 2. The van der Waals surface area contributed by atoms with Gasteiger partial charge in [0.2, 0.25) is 10.0 Å². The Morgan fingerprint density at radius 2 is 1.70 bits per heavy atom. The van der Waals surface area contributed by atoms with Gasteiger partial charge < -0.3 is 9.47 Å². The van der Waals surface area contributed by atoms with Gasteiger partial charge in [-0.15, -0.1) is 0 Å². The third-order valence-electron chi connectivity index (χ3n) is 5.82. The van der Waals surface area contributed by atoms with Crippen LogP contribution < -0.4 is 10.2 Å². The summed E-state index contributed by atoms with van der Waals surface area (Å²) in [7, 11) is -2.65. The Balaban J connectivity index is 1.60. The maximum Gasteiger partial charge on any atom is 0.265 e. The summed E-state index contributed by atoms with van der Waals surface area (Å²) in [6, 6.07) is 9.34.